The number of nitrogens with one attached hydrogen (secondary N) is 1. The summed E-state index contributed by atoms with van der Waals surface area (Å²) in [6.07, 6.45) is 0.768. The molecule has 2 amide bonds. The maximum absolute atomic E-state index is 10.8. The molecule has 0 spiro atoms. The highest BCUT2D eigenvalue weighted by molar-refractivity contribution is 5.89. The van der Waals surface area contributed by atoms with Crippen molar-refractivity contribution in [3.05, 3.63) is 23.8 Å². The minimum absolute atomic E-state index is 0.521. The highest BCUT2D eigenvalue weighted by Crippen LogP contribution is 2.25. The van der Waals surface area contributed by atoms with Crippen molar-refractivity contribution in [1.82, 2.24) is 0 Å². The number of anilines is 1. The van der Waals surface area contributed by atoms with E-state index >= 15 is 0 Å². The summed E-state index contributed by atoms with van der Waals surface area (Å²) in [7, 11) is 1.50. The van der Waals surface area contributed by atoms with Crippen molar-refractivity contribution < 1.29 is 9.53 Å². The summed E-state index contributed by atoms with van der Waals surface area (Å²) < 4.78 is 5.51. The van der Waals surface area contributed by atoms with Gasteiger partial charge in [0.05, 0.1) is 12.3 Å². The molecule has 0 saturated heterocycles. The molecule has 0 aromatic heterocycles. The van der Waals surface area contributed by atoms with E-state index in [9.17, 15) is 4.79 Å². The van der Waals surface area contributed by atoms with Crippen LogP contribution in [-0.4, -0.2) is 26.2 Å². The van der Waals surface area contributed by atoms with Gasteiger partial charge < -0.3 is 27.3 Å². The Morgan fingerprint density at radius 1 is 1.39 bits per heavy atom. The fourth-order valence-corrected chi connectivity index (χ4v) is 1.25. The third-order valence-electron chi connectivity index (χ3n) is 2.00. The first kappa shape index (κ1) is 16.2. The molecule has 6 heteroatoms. The van der Waals surface area contributed by atoms with Crippen molar-refractivity contribution in [2.45, 2.75) is 13.3 Å². The predicted molar refractivity (Wildman–Crippen MR) is 73.7 cm³/mol. The lowest BCUT2D eigenvalue weighted by Crippen LogP contribution is -2.20. The molecular weight excluding hydrogens is 232 g/mol. The first-order chi connectivity index (χ1) is 8.63. The van der Waals surface area contributed by atoms with E-state index in [0.29, 0.717) is 24.6 Å². The second-order valence-electron chi connectivity index (χ2n) is 3.48. The molecule has 0 atom stereocenters. The monoisotopic (exact) mass is 254 g/mol. The Bertz CT molecular complexity index is 369. The molecule has 0 saturated carbocycles. The van der Waals surface area contributed by atoms with Crippen LogP contribution < -0.4 is 27.3 Å². The third-order valence-corrected chi connectivity index (χ3v) is 2.00. The normalized spacial score (nSPS) is 9.11. The summed E-state index contributed by atoms with van der Waals surface area (Å²) in [4.78, 5) is 10.8. The number of carbonyl (C=O) groups is 1. The lowest BCUT2D eigenvalue weighted by Gasteiger charge is -2.11. The summed E-state index contributed by atoms with van der Waals surface area (Å²) in [5, 5.41) is 2.51. The molecule has 0 heterocycles. The van der Waals surface area contributed by atoms with Crippen LogP contribution in [0, 0.1) is 6.92 Å². The van der Waals surface area contributed by atoms with Gasteiger partial charge in [-0.15, -0.1) is 0 Å². The molecule has 0 aliphatic carbocycles. The van der Waals surface area contributed by atoms with Crippen LogP contribution in [0.4, 0.5) is 10.5 Å². The second kappa shape index (κ2) is 9.26. The molecule has 0 radical (unpaired) electrons. The van der Waals surface area contributed by atoms with E-state index in [-0.39, 0.29) is 0 Å². The van der Waals surface area contributed by atoms with Crippen LogP contribution in [0.5, 0.6) is 5.75 Å². The average molecular weight is 254 g/mol. The molecular formula is C12H22N4O2. The van der Waals surface area contributed by atoms with Crippen LogP contribution in [0.2, 0.25) is 0 Å². The van der Waals surface area contributed by atoms with Gasteiger partial charge in [0.15, 0.2) is 0 Å². The number of hydrogen-bond donors (Lipinski definition) is 4. The summed E-state index contributed by atoms with van der Waals surface area (Å²) >= 11 is 0. The molecule has 0 bridgehead atoms. The van der Waals surface area contributed by atoms with E-state index < -0.39 is 6.03 Å². The van der Waals surface area contributed by atoms with Crippen LogP contribution >= 0.6 is 0 Å². The molecule has 7 N–H and O–H groups in total. The number of nitrogens with two attached hydrogens (primary N) is 3. The van der Waals surface area contributed by atoms with Gasteiger partial charge >= 0.3 is 6.03 Å². The predicted octanol–water partition coefficient (Wildman–Crippen LogP) is 0.788. The van der Waals surface area contributed by atoms with E-state index in [0.717, 1.165) is 12.0 Å². The van der Waals surface area contributed by atoms with E-state index in [1.165, 1.54) is 7.05 Å². The highest BCUT2D eigenvalue weighted by Gasteiger charge is 2.05. The number of carbonyl (C=O) groups excluding carboxylic acids is 1. The zero-order valence-corrected chi connectivity index (χ0v) is 10.9. The van der Waals surface area contributed by atoms with Gasteiger partial charge in [-0.1, -0.05) is 6.07 Å². The fourth-order valence-electron chi connectivity index (χ4n) is 1.25. The van der Waals surface area contributed by atoms with E-state index in [1.807, 2.05) is 19.1 Å². The first-order valence-electron chi connectivity index (χ1n) is 5.71. The van der Waals surface area contributed by atoms with Crippen LogP contribution in [0.1, 0.15) is 12.0 Å². The van der Waals surface area contributed by atoms with Crippen molar-refractivity contribution >= 4 is 11.7 Å². The number of hydrogen-bond acceptors (Lipinski definition) is 4. The topological polar surface area (TPSA) is 116 Å². The molecule has 0 fully saturated rings. The van der Waals surface area contributed by atoms with E-state index in [1.54, 1.807) is 6.07 Å². The maximum atomic E-state index is 10.8. The molecule has 102 valence electrons. The van der Waals surface area contributed by atoms with Gasteiger partial charge in [0.25, 0.3) is 0 Å². The maximum Gasteiger partial charge on any atom is 0.316 e. The van der Waals surface area contributed by atoms with Crippen molar-refractivity contribution in [3.8, 4) is 5.75 Å². The van der Waals surface area contributed by atoms with Gasteiger partial charge in [0.1, 0.15) is 5.75 Å². The Hall–Kier alpha value is -1.79. The first-order valence-corrected chi connectivity index (χ1v) is 5.71. The third kappa shape index (κ3) is 6.07. The Balaban J connectivity index is 0.00000137. The Kier molecular flexibility index (Phi) is 8.34. The van der Waals surface area contributed by atoms with Crippen molar-refractivity contribution in [1.29, 1.82) is 0 Å². The Morgan fingerprint density at radius 3 is 2.61 bits per heavy atom. The number of urea groups is 1. The van der Waals surface area contributed by atoms with Crippen LogP contribution in [0.25, 0.3) is 0 Å². The minimum Gasteiger partial charge on any atom is -0.491 e. The molecule has 18 heavy (non-hydrogen) atoms. The summed E-state index contributed by atoms with van der Waals surface area (Å²) in [6.45, 7) is 3.04. The molecule has 0 unspecified atom stereocenters. The van der Waals surface area contributed by atoms with Gasteiger partial charge in [-0.2, -0.15) is 0 Å². The molecule has 1 rings (SSSR count). The van der Waals surface area contributed by atoms with E-state index in [2.05, 4.69) is 11.1 Å². The lowest BCUT2D eigenvalue weighted by atomic mass is 10.2. The Labute approximate surface area is 107 Å². The summed E-state index contributed by atoms with van der Waals surface area (Å²) in [5.74, 6) is 0.618. The molecule has 1 aromatic carbocycles. The number of benzene rings is 1. The zero-order valence-electron chi connectivity index (χ0n) is 10.9. The number of amides is 2. The summed E-state index contributed by atoms with van der Waals surface area (Å²) in [6, 6.07) is 4.88. The smallest absolute Gasteiger partial charge is 0.316 e. The van der Waals surface area contributed by atoms with Gasteiger partial charge in [0, 0.05) is 0 Å². The minimum atomic E-state index is -0.604. The van der Waals surface area contributed by atoms with Crippen molar-refractivity contribution in [2.75, 3.05) is 25.5 Å². The standard InChI is InChI=1S/C11H17N3O2.CH5N/c1-8-3-4-9(14-11(13)15)10(7-8)16-6-2-5-12;1-2/h3-4,7H,2,5-6,12H2,1H3,(H3,13,14,15);2H2,1H3. The van der Waals surface area contributed by atoms with Gasteiger partial charge in [-0.05, 0) is 44.6 Å². The molecule has 0 aliphatic rings. The second-order valence-corrected chi connectivity index (χ2v) is 3.48. The molecule has 6 nitrogen and oxygen atoms in total. The van der Waals surface area contributed by atoms with Crippen molar-refractivity contribution in [2.24, 2.45) is 17.2 Å². The largest absolute Gasteiger partial charge is 0.491 e. The quantitative estimate of drug-likeness (QED) is 0.581. The number of aryl methyl sites for hydroxylation is 1. The SMILES string of the molecule is CN.Cc1ccc(NC(N)=O)c(OCCCN)c1. The number of rotatable bonds is 5. The Morgan fingerprint density at radius 2 is 2.06 bits per heavy atom. The van der Waals surface area contributed by atoms with Crippen LogP contribution in [0.15, 0.2) is 18.2 Å². The average Bonchev–Trinajstić information content (AvgIpc) is 2.35. The van der Waals surface area contributed by atoms with E-state index in [4.69, 9.17) is 16.2 Å². The number of ether oxygens (including phenoxy) is 1. The summed E-state index contributed by atoms with van der Waals surface area (Å²) in [5.41, 5.74) is 16.6. The molecule has 1 aromatic rings. The van der Waals surface area contributed by atoms with Gasteiger partial charge in [0.2, 0.25) is 0 Å². The van der Waals surface area contributed by atoms with Gasteiger partial charge in [-0.3, -0.25) is 0 Å². The lowest BCUT2D eigenvalue weighted by molar-refractivity contribution is 0.259. The molecule has 0 aliphatic heterocycles. The fraction of sp³-hybridized carbons (Fsp3) is 0.417. The zero-order chi connectivity index (χ0) is 14.0. The van der Waals surface area contributed by atoms with Gasteiger partial charge in [-0.25, -0.2) is 4.79 Å². The van der Waals surface area contributed by atoms with Crippen LogP contribution in [-0.2, 0) is 0 Å². The van der Waals surface area contributed by atoms with Crippen LogP contribution in [0.3, 0.4) is 0 Å². The van der Waals surface area contributed by atoms with Crippen molar-refractivity contribution in [3.63, 3.8) is 0 Å². The highest BCUT2D eigenvalue weighted by atomic mass is 16.5. The number of primary amides is 1.